The predicted octanol–water partition coefficient (Wildman–Crippen LogP) is 2.65. The number of benzene rings is 1. The highest BCUT2D eigenvalue weighted by atomic mass is 32.2. The van der Waals surface area contributed by atoms with Crippen molar-refractivity contribution in [2.45, 2.75) is 18.0 Å². The van der Waals surface area contributed by atoms with E-state index in [4.69, 9.17) is 9.52 Å². The summed E-state index contributed by atoms with van der Waals surface area (Å²) in [5.74, 6) is 2.51. The van der Waals surface area contributed by atoms with Crippen LogP contribution in [0.2, 0.25) is 0 Å². The van der Waals surface area contributed by atoms with E-state index in [1.807, 2.05) is 23.9 Å². The zero-order valence-electron chi connectivity index (χ0n) is 10.1. The van der Waals surface area contributed by atoms with E-state index in [9.17, 15) is 0 Å². The Morgan fingerprint density at radius 3 is 2.56 bits per heavy atom. The van der Waals surface area contributed by atoms with Crippen LogP contribution in [0.4, 0.5) is 0 Å². The molecule has 0 fully saturated rings. The van der Waals surface area contributed by atoms with Crippen LogP contribution in [0.25, 0.3) is 0 Å². The molecule has 0 aliphatic rings. The van der Waals surface area contributed by atoms with Gasteiger partial charge in [-0.3, -0.25) is 0 Å². The molecular weight excluding hydrogens is 246 g/mol. The quantitative estimate of drug-likeness (QED) is 0.595. The van der Waals surface area contributed by atoms with Crippen molar-refractivity contribution >= 4 is 11.8 Å². The zero-order chi connectivity index (χ0) is 12.6. The minimum Gasteiger partial charge on any atom is -0.462 e. The van der Waals surface area contributed by atoms with Gasteiger partial charge in [-0.05, 0) is 24.3 Å². The third kappa shape index (κ3) is 4.22. The number of hydrogen-bond acceptors (Lipinski definition) is 4. The summed E-state index contributed by atoms with van der Waals surface area (Å²) in [6.07, 6.45) is 0. The van der Waals surface area contributed by atoms with Gasteiger partial charge in [-0.25, -0.2) is 0 Å². The lowest BCUT2D eigenvalue weighted by atomic mass is 10.4. The number of rotatable bonds is 7. The Morgan fingerprint density at radius 2 is 1.83 bits per heavy atom. The average molecular weight is 263 g/mol. The number of furan rings is 1. The predicted molar refractivity (Wildman–Crippen MR) is 73.5 cm³/mol. The molecule has 0 aliphatic carbocycles. The number of aliphatic hydroxyl groups is 1. The second-order valence-corrected chi connectivity index (χ2v) is 5.03. The van der Waals surface area contributed by atoms with E-state index < -0.39 is 0 Å². The summed E-state index contributed by atoms with van der Waals surface area (Å²) in [6, 6.07) is 14.1. The third-order valence-corrected chi connectivity index (χ3v) is 3.48. The molecule has 0 aliphatic heterocycles. The van der Waals surface area contributed by atoms with Crippen LogP contribution in [0.3, 0.4) is 0 Å². The molecule has 0 saturated heterocycles. The van der Waals surface area contributed by atoms with E-state index in [0.717, 1.165) is 18.1 Å². The molecule has 0 bridgehead atoms. The Morgan fingerprint density at radius 1 is 1.06 bits per heavy atom. The Hall–Kier alpha value is -1.23. The molecular formula is C14H17NO2S. The molecule has 18 heavy (non-hydrogen) atoms. The minimum absolute atomic E-state index is 0.0378. The molecule has 0 saturated carbocycles. The first-order valence-corrected chi connectivity index (χ1v) is 6.94. The first-order chi connectivity index (χ1) is 8.88. The molecule has 3 nitrogen and oxygen atoms in total. The third-order valence-electron chi connectivity index (χ3n) is 2.46. The Kier molecular flexibility index (Phi) is 5.33. The van der Waals surface area contributed by atoms with Gasteiger partial charge < -0.3 is 14.8 Å². The van der Waals surface area contributed by atoms with Gasteiger partial charge in [0.05, 0.1) is 6.54 Å². The monoisotopic (exact) mass is 263 g/mol. The number of hydrogen-bond donors (Lipinski definition) is 2. The van der Waals surface area contributed by atoms with Crippen LogP contribution in [-0.2, 0) is 13.2 Å². The van der Waals surface area contributed by atoms with Crippen molar-refractivity contribution in [2.24, 2.45) is 0 Å². The topological polar surface area (TPSA) is 45.4 Å². The van der Waals surface area contributed by atoms with Crippen LogP contribution in [0.5, 0.6) is 0 Å². The highest BCUT2D eigenvalue weighted by Gasteiger charge is 2.00. The lowest BCUT2D eigenvalue weighted by molar-refractivity contribution is 0.243. The molecule has 1 aromatic heterocycles. The van der Waals surface area contributed by atoms with Crippen molar-refractivity contribution in [3.8, 4) is 0 Å². The van der Waals surface area contributed by atoms with Crippen LogP contribution in [-0.4, -0.2) is 17.4 Å². The molecule has 0 spiro atoms. The van der Waals surface area contributed by atoms with E-state index in [-0.39, 0.29) is 6.61 Å². The maximum Gasteiger partial charge on any atom is 0.129 e. The molecule has 0 radical (unpaired) electrons. The maximum absolute atomic E-state index is 8.87. The van der Waals surface area contributed by atoms with Crippen LogP contribution in [0.15, 0.2) is 51.8 Å². The van der Waals surface area contributed by atoms with Crippen LogP contribution in [0, 0.1) is 0 Å². The SMILES string of the molecule is OCc1ccc(CNCCSc2ccccc2)o1. The van der Waals surface area contributed by atoms with E-state index in [0.29, 0.717) is 12.3 Å². The molecule has 1 heterocycles. The van der Waals surface area contributed by atoms with Gasteiger partial charge in [0.2, 0.25) is 0 Å². The molecule has 96 valence electrons. The summed E-state index contributed by atoms with van der Waals surface area (Å²) >= 11 is 1.83. The molecule has 2 rings (SSSR count). The van der Waals surface area contributed by atoms with E-state index >= 15 is 0 Å². The van der Waals surface area contributed by atoms with Crippen LogP contribution < -0.4 is 5.32 Å². The number of nitrogens with one attached hydrogen (secondary N) is 1. The highest BCUT2D eigenvalue weighted by molar-refractivity contribution is 7.99. The van der Waals surface area contributed by atoms with Gasteiger partial charge in [0.15, 0.2) is 0 Å². The van der Waals surface area contributed by atoms with E-state index in [1.165, 1.54) is 4.90 Å². The highest BCUT2D eigenvalue weighted by Crippen LogP contribution is 2.15. The fourth-order valence-electron chi connectivity index (χ4n) is 1.57. The lowest BCUT2D eigenvalue weighted by Crippen LogP contribution is -2.16. The standard InChI is InChI=1S/C14H17NO2S/c16-11-13-7-6-12(17-13)10-15-8-9-18-14-4-2-1-3-5-14/h1-7,15-16H,8-11H2. The van der Waals surface area contributed by atoms with Gasteiger partial charge in [-0.2, -0.15) is 0 Å². The molecule has 1 aromatic carbocycles. The van der Waals surface area contributed by atoms with E-state index in [1.54, 1.807) is 6.07 Å². The lowest BCUT2D eigenvalue weighted by Gasteiger charge is -2.03. The molecule has 2 N–H and O–H groups in total. The Bertz CT molecular complexity index is 456. The van der Waals surface area contributed by atoms with Crippen molar-refractivity contribution in [2.75, 3.05) is 12.3 Å². The van der Waals surface area contributed by atoms with Crippen molar-refractivity contribution in [1.82, 2.24) is 5.32 Å². The maximum atomic E-state index is 8.87. The zero-order valence-corrected chi connectivity index (χ0v) is 11.0. The summed E-state index contributed by atoms with van der Waals surface area (Å²) in [5, 5.41) is 12.2. The van der Waals surface area contributed by atoms with Crippen molar-refractivity contribution in [3.05, 3.63) is 54.0 Å². The van der Waals surface area contributed by atoms with Crippen molar-refractivity contribution in [3.63, 3.8) is 0 Å². The second-order valence-electron chi connectivity index (χ2n) is 3.86. The van der Waals surface area contributed by atoms with Crippen molar-refractivity contribution in [1.29, 1.82) is 0 Å². The second kappa shape index (κ2) is 7.26. The molecule has 4 heteroatoms. The van der Waals surface area contributed by atoms with Crippen LogP contribution >= 0.6 is 11.8 Å². The van der Waals surface area contributed by atoms with Crippen LogP contribution in [0.1, 0.15) is 11.5 Å². The number of thioether (sulfide) groups is 1. The summed E-state index contributed by atoms with van der Waals surface area (Å²) in [5.41, 5.74) is 0. The van der Waals surface area contributed by atoms with Crippen molar-refractivity contribution < 1.29 is 9.52 Å². The first-order valence-electron chi connectivity index (χ1n) is 5.95. The van der Waals surface area contributed by atoms with Gasteiger partial charge in [0.25, 0.3) is 0 Å². The molecule has 2 aromatic rings. The fraction of sp³-hybridized carbons (Fsp3) is 0.286. The Balaban J connectivity index is 1.61. The normalized spacial score (nSPS) is 10.7. The van der Waals surface area contributed by atoms with Gasteiger partial charge in [-0.15, -0.1) is 11.8 Å². The molecule has 0 amide bonds. The molecule has 0 unspecified atom stereocenters. The van der Waals surface area contributed by atoms with Gasteiger partial charge >= 0.3 is 0 Å². The van der Waals surface area contributed by atoms with E-state index in [2.05, 4.69) is 29.6 Å². The average Bonchev–Trinajstić information content (AvgIpc) is 2.87. The van der Waals surface area contributed by atoms with Gasteiger partial charge in [0.1, 0.15) is 18.1 Å². The first kappa shape index (κ1) is 13.2. The minimum atomic E-state index is -0.0378. The summed E-state index contributed by atoms with van der Waals surface area (Å²) in [6.45, 7) is 1.59. The summed E-state index contributed by atoms with van der Waals surface area (Å²) < 4.78 is 5.38. The fourth-order valence-corrected chi connectivity index (χ4v) is 2.40. The largest absolute Gasteiger partial charge is 0.462 e. The summed E-state index contributed by atoms with van der Waals surface area (Å²) in [4.78, 5) is 1.29. The smallest absolute Gasteiger partial charge is 0.129 e. The Labute approximate surface area is 111 Å². The number of aliphatic hydroxyl groups excluding tert-OH is 1. The van der Waals surface area contributed by atoms with Gasteiger partial charge in [0, 0.05) is 17.2 Å². The summed E-state index contributed by atoms with van der Waals surface area (Å²) in [7, 11) is 0. The molecule has 0 atom stereocenters. The van der Waals surface area contributed by atoms with Gasteiger partial charge in [-0.1, -0.05) is 18.2 Å².